The van der Waals surface area contributed by atoms with Gasteiger partial charge in [0.15, 0.2) is 0 Å². The molecule has 1 atom stereocenters. The summed E-state index contributed by atoms with van der Waals surface area (Å²) in [6, 6.07) is 6.86. The van der Waals surface area contributed by atoms with Crippen LogP contribution in [0, 0.1) is 12.8 Å². The van der Waals surface area contributed by atoms with Crippen LogP contribution in [0.25, 0.3) is 0 Å². The van der Waals surface area contributed by atoms with Crippen LogP contribution in [-0.2, 0) is 11.2 Å². The molecule has 1 heterocycles. The van der Waals surface area contributed by atoms with Crippen LogP contribution in [0.5, 0.6) is 0 Å². The zero-order chi connectivity index (χ0) is 12.6. The molecule has 92 valence electrons. The Hall–Kier alpha value is -1.31. The quantitative estimate of drug-likeness (QED) is 0.727. The van der Waals surface area contributed by atoms with Gasteiger partial charge in [-0.05, 0) is 30.4 Å². The van der Waals surface area contributed by atoms with Gasteiger partial charge in [-0.1, -0.05) is 37.6 Å². The van der Waals surface area contributed by atoms with Crippen LogP contribution in [0.4, 0.5) is 0 Å². The average Bonchev–Trinajstić information content (AvgIpc) is 2.26. The van der Waals surface area contributed by atoms with E-state index in [2.05, 4.69) is 39.0 Å². The number of carbonyl (C=O) groups is 1. The number of benzene rings is 1. The fraction of sp³-hybridized carbons (Fsp3) is 0.533. The molecule has 1 amide bonds. The van der Waals surface area contributed by atoms with Gasteiger partial charge in [0.25, 0.3) is 0 Å². The lowest BCUT2D eigenvalue weighted by molar-refractivity contribution is -0.132. The summed E-state index contributed by atoms with van der Waals surface area (Å²) in [7, 11) is 0. The third-order valence-corrected chi connectivity index (χ3v) is 3.61. The molecule has 1 aliphatic rings. The van der Waals surface area contributed by atoms with Crippen molar-refractivity contribution in [1.29, 1.82) is 0 Å². The minimum atomic E-state index is 0.190. The number of amides is 1. The van der Waals surface area contributed by atoms with Crippen molar-refractivity contribution in [2.24, 2.45) is 5.92 Å². The predicted molar refractivity (Wildman–Crippen MR) is 69.8 cm³/mol. The summed E-state index contributed by atoms with van der Waals surface area (Å²) in [5, 5.41) is 0. The van der Waals surface area contributed by atoms with Crippen molar-refractivity contribution in [3.63, 3.8) is 0 Å². The van der Waals surface area contributed by atoms with E-state index in [-0.39, 0.29) is 11.9 Å². The third kappa shape index (κ3) is 2.21. The van der Waals surface area contributed by atoms with Gasteiger partial charge in [-0.15, -0.1) is 0 Å². The zero-order valence-electron chi connectivity index (χ0n) is 11.2. The molecule has 1 aromatic carbocycles. The van der Waals surface area contributed by atoms with E-state index in [1.54, 1.807) is 6.92 Å². The molecule has 0 fully saturated rings. The first-order valence-electron chi connectivity index (χ1n) is 6.37. The molecule has 1 aromatic rings. The summed E-state index contributed by atoms with van der Waals surface area (Å²) in [4.78, 5) is 13.7. The largest absolute Gasteiger partial charge is 0.335 e. The minimum Gasteiger partial charge on any atom is -0.335 e. The maximum absolute atomic E-state index is 11.7. The average molecular weight is 231 g/mol. The smallest absolute Gasteiger partial charge is 0.219 e. The lowest BCUT2D eigenvalue weighted by Gasteiger charge is -2.39. The monoisotopic (exact) mass is 231 g/mol. The van der Waals surface area contributed by atoms with Crippen LogP contribution in [0.15, 0.2) is 18.2 Å². The molecule has 0 radical (unpaired) electrons. The highest BCUT2D eigenvalue weighted by Gasteiger charge is 2.30. The maximum Gasteiger partial charge on any atom is 0.219 e. The SMILES string of the molecule is CC(=O)N1CCc2cc(C)ccc2[C@H]1C(C)C. The summed E-state index contributed by atoms with van der Waals surface area (Å²) < 4.78 is 0. The Labute approximate surface area is 104 Å². The lowest BCUT2D eigenvalue weighted by atomic mass is 9.85. The number of aryl methyl sites for hydroxylation is 1. The summed E-state index contributed by atoms with van der Waals surface area (Å²) in [6.45, 7) is 9.04. The van der Waals surface area contributed by atoms with Gasteiger partial charge in [0.1, 0.15) is 0 Å². The molecule has 0 saturated heterocycles. The van der Waals surface area contributed by atoms with E-state index in [0.717, 1.165) is 13.0 Å². The van der Waals surface area contributed by atoms with Crippen molar-refractivity contribution >= 4 is 5.91 Å². The van der Waals surface area contributed by atoms with Crippen molar-refractivity contribution in [2.45, 2.75) is 40.2 Å². The Balaban J connectivity index is 2.46. The number of fused-ring (bicyclic) bond motifs is 1. The molecular weight excluding hydrogens is 210 g/mol. The summed E-state index contributed by atoms with van der Waals surface area (Å²) in [5.41, 5.74) is 4.07. The van der Waals surface area contributed by atoms with Gasteiger partial charge in [0.2, 0.25) is 5.91 Å². The molecule has 0 aromatic heterocycles. The molecule has 1 aliphatic heterocycles. The van der Waals surface area contributed by atoms with Crippen LogP contribution < -0.4 is 0 Å². The van der Waals surface area contributed by atoms with Gasteiger partial charge in [0.05, 0.1) is 6.04 Å². The van der Waals surface area contributed by atoms with Gasteiger partial charge < -0.3 is 4.90 Å². The van der Waals surface area contributed by atoms with Crippen molar-refractivity contribution < 1.29 is 4.79 Å². The Kier molecular flexibility index (Phi) is 3.23. The second-order valence-corrected chi connectivity index (χ2v) is 5.35. The van der Waals surface area contributed by atoms with Crippen molar-refractivity contribution in [1.82, 2.24) is 4.90 Å². The zero-order valence-corrected chi connectivity index (χ0v) is 11.2. The molecular formula is C15H21NO. The Morgan fingerprint density at radius 1 is 1.41 bits per heavy atom. The van der Waals surface area contributed by atoms with E-state index >= 15 is 0 Å². The van der Waals surface area contributed by atoms with Gasteiger partial charge in [-0.3, -0.25) is 4.79 Å². The van der Waals surface area contributed by atoms with Gasteiger partial charge in [-0.2, -0.15) is 0 Å². The fourth-order valence-corrected chi connectivity index (χ4v) is 2.86. The molecule has 0 unspecified atom stereocenters. The summed E-state index contributed by atoms with van der Waals surface area (Å²) in [6.07, 6.45) is 0.986. The molecule has 0 bridgehead atoms. The fourth-order valence-electron chi connectivity index (χ4n) is 2.86. The number of carbonyl (C=O) groups excluding carboxylic acids is 1. The molecule has 0 N–H and O–H groups in total. The second-order valence-electron chi connectivity index (χ2n) is 5.35. The van der Waals surface area contributed by atoms with Crippen molar-refractivity contribution in [2.75, 3.05) is 6.54 Å². The number of hydrogen-bond donors (Lipinski definition) is 0. The Morgan fingerprint density at radius 3 is 2.71 bits per heavy atom. The standard InChI is InChI=1S/C15H21NO/c1-10(2)15-14-6-5-11(3)9-13(14)7-8-16(15)12(4)17/h5-6,9-10,15H,7-8H2,1-4H3/t15-/m1/s1. The molecule has 0 aliphatic carbocycles. The van der Waals surface area contributed by atoms with E-state index in [4.69, 9.17) is 0 Å². The third-order valence-electron chi connectivity index (χ3n) is 3.61. The van der Waals surface area contributed by atoms with E-state index in [9.17, 15) is 4.79 Å². The highest BCUT2D eigenvalue weighted by atomic mass is 16.2. The van der Waals surface area contributed by atoms with Gasteiger partial charge in [0, 0.05) is 13.5 Å². The first kappa shape index (κ1) is 12.2. The topological polar surface area (TPSA) is 20.3 Å². The molecule has 0 spiro atoms. The molecule has 2 nitrogen and oxygen atoms in total. The first-order chi connectivity index (χ1) is 8.00. The number of hydrogen-bond acceptors (Lipinski definition) is 1. The molecule has 17 heavy (non-hydrogen) atoms. The van der Waals surface area contributed by atoms with Crippen LogP contribution in [0.1, 0.15) is 43.5 Å². The van der Waals surface area contributed by atoms with Gasteiger partial charge >= 0.3 is 0 Å². The summed E-state index contributed by atoms with van der Waals surface area (Å²) >= 11 is 0. The highest BCUT2D eigenvalue weighted by Crippen LogP contribution is 2.35. The Morgan fingerprint density at radius 2 is 2.12 bits per heavy atom. The van der Waals surface area contributed by atoms with E-state index < -0.39 is 0 Å². The van der Waals surface area contributed by atoms with Crippen molar-refractivity contribution in [3.05, 3.63) is 34.9 Å². The predicted octanol–water partition coefficient (Wildman–Crippen LogP) is 3.10. The van der Waals surface area contributed by atoms with Crippen LogP contribution in [0.2, 0.25) is 0 Å². The van der Waals surface area contributed by atoms with E-state index in [1.165, 1.54) is 16.7 Å². The second kappa shape index (κ2) is 4.52. The minimum absolute atomic E-state index is 0.190. The van der Waals surface area contributed by atoms with E-state index in [1.807, 2.05) is 4.90 Å². The lowest BCUT2D eigenvalue weighted by Crippen LogP contribution is -2.41. The first-order valence-corrected chi connectivity index (χ1v) is 6.37. The van der Waals surface area contributed by atoms with E-state index in [0.29, 0.717) is 5.92 Å². The molecule has 2 heteroatoms. The van der Waals surface area contributed by atoms with Gasteiger partial charge in [-0.25, -0.2) is 0 Å². The Bertz CT molecular complexity index is 437. The van der Waals surface area contributed by atoms with Crippen molar-refractivity contribution in [3.8, 4) is 0 Å². The van der Waals surface area contributed by atoms with Crippen LogP contribution in [-0.4, -0.2) is 17.4 Å². The molecule has 2 rings (SSSR count). The normalized spacial score (nSPS) is 19.4. The van der Waals surface area contributed by atoms with Crippen LogP contribution in [0.3, 0.4) is 0 Å². The summed E-state index contributed by atoms with van der Waals surface area (Å²) in [5.74, 6) is 0.649. The molecule has 0 saturated carbocycles. The highest BCUT2D eigenvalue weighted by molar-refractivity contribution is 5.74. The van der Waals surface area contributed by atoms with Crippen LogP contribution >= 0.6 is 0 Å². The number of nitrogens with zero attached hydrogens (tertiary/aromatic N) is 1. The number of rotatable bonds is 1. The maximum atomic E-state index is 11.7.